The van der Waals surface area contributed by atoms with Crippen LogP contribution in [-0.4, -0.2) is 25.9 Å². The lowest BCUT2D eigenvalue weighted by molar-refractivity contribution is -0.274. The SMILES string of the molecule is C=CC1COC(C2CCC(c3cc(F)c(C(F)(F)Oc4ccc(OC(F)(F)F)cc4)c(F)c3)CC2)OC1. The van der Waals surface area contributed by atoms with E-state index in [1.165, 1.54) is 0 Å². The highest BCUT2D eigenvalue weighted by Crippen LogP contribution is 2.42. The van der Waals surface area contributed by atoms with Gasteiger partial charge in [-0.1, -0.05) is 6.08 Å². The van der Waals surface area contributed by atoms with Crippen molar-refractivity contribution in [3.63, 3.8) is 0 Å². The second kappa shape index (κ2) is 10.9. The van der Waals surface area contributed by atoms with Crippen molar-refractivity contribution in [1.29, 1.82) is 0 Å². The van der Waals surface area contributed by atoms with Crippen molar-refractivity contribution in [1.82, 2.24) is 0 Å². The molecule has 37 heavy (non-hydrogen) atoms. The number of ether oxygens (including phenoxy) is 4. The molecule has 0 amide bonds. The molecule has 0 bridgehead atoms. The fourth-order valence-corrected chi connectivity index (χ4v) is 4.68. The molecular weight excluding hydrogens is 509 g/mol. The Kier molecular flexibility index (Phi) is 8.03. The Morgan fingerprint density at radius 2 is 1.32 bits per heavy atom. The topological polar surface area (TPSA) is 36.9 Å². The number of rotatable bonds is 7. The maximum Gasteiger partial charge on any atom is 0.573 e. The summed E-state index contributed by atoms with van der Waals surface area (Å²) in [6.07, 6.45) is -5.43. The molecule has 4 nitrogen and oxygen atoms in total. The minimum atomic E-state index is -4.97. The van der Waals surface area contributed by atoms with Crippen molar-refractivity contribution in [2.75, 3.05) is 13.2 Å². The number of benzene rings is 2. The summed E-state index contributed by atoms with van der Waals surface area (Å²) in [5.74, 6) is -4.19. The Morgan fingerprint density at radius 1 is 0.811 bits per heavy atom. The fourth-order valence-electron chi connectivity index (χ4n) is 4.68. The number of alkyl halides is 5. The maximum absolute atomic E-state index is 14.8. The number of hydrogen-bond donors (Lipinski definition) is 0. The lowest BCUT2D eigenvalue weighted by Gasteiger charge is -2.37. The van der Waals surface area contributed by atoms with E-state index in [1.54, 1.807) is 6.08 Å². The first-order chi connectivity index (χ1) is 17.4. The van der Waals surface area contributed by atoms with Crippen LogP contribution >= 0.6 is 0 Å². The Labute approximate surface area is 209 Å². The van der Waals surface area contributed by atoms with Gasteiger partial charge in [-0.25, -0.2) is 8.78 Å². The van der Waals surface area contributed by atoms with E-state index in [4.69, 9.17) is 9.47 Å². The summed E-state index contributed by atoms with van der Waals surface area (Å²) >= 11 is 0. The van der Waals surface area contributed by atoms with Crippen molar-refractivity contribution >= 4 is 0 Å². The van der Waals surface area contributed by atoms with E-state index in [2.05, 4.69) is 16.1 Å². The summed E-state index contributed by atoms with van der Waals surface area (Å²) in [5, 5.41) is 0. The van der Waals surface area contributed by atoms with Crippen LogP contribution in [0.4, 0.5) is 30.7 Å². The minimum Gasteiger partial charge on any atom is -0.429 e. The molecule has 1 aliphatic heterocycles. The average Bonchev–Trinajstić information content (AvgIpc) is 2.84. The predicted molar refractivity (Wildman–Crippen MR) is 118 cm³/mol. The molecule has 1 saturated carbocycles. The molecule has 2 aliphatic rings. The van der Waals surface area contributed by atoms with Crippen LogP contribution in [0.1, 0.15) is 42.7 Å². The second-order valence-electron chi connectivity index (χ2n) is 9.14. The van der Waals surface area contributed by atoms with Crippen molar-refractivity contribution < 1.29 is 49.7 Å². The maximum atomic E-state index is 14.8. The van der Waals surface area contributed by atoms with Crippen LogP contribution in [0.15, 0.2) is 49.1 Å². The van der Waals surface area contributed by atoms with Crippen LogP contribution in [0.5, 0.6) is 11.5 Å². The van der Waals surface area contributed by atoms with Crippen molar-refractivity contribution in [2.24, 2.45) is 11.8 Å². The average molecular weight is 534 g/mol. The van der Waals surface area contributed by atoms with Crippen LogP contribution < -0.4 is 9.47 Å². The van der Waals surface area contributed by atoms with E-state index in [0.29, 0.717) is 38.9 Å². The molecule has 2 aromatic carbocycles. The van der Waals surface area contributed by atoms with Gasteiger partial charge in [0.2, 0.25) is 0 Å². The smallest absolute Gasteiger partial charge is 0.429 e. The largest absolute Gasteiger partial charge is 0.573 e. The summed E-state index contributed by atoms with van der Waals surface area (Å²) in [7, 11) is 0. The Hall–Kier alpha value is -2.79. The van der Waals surface area contributed by atoms with E-state index in [1.807, 2.05) is 0 Å². The van der Waals surface area contributed by atoms with Crippen molar-refractivity contribution in [3.05, 3.63) is 71.8 Å². The van der Waals surface area contributed by atoms with Gasteiger partial charge in [0.1, 0.15) is 28.7 Å². The van der Waals surface area contributed by atoms with Crippen LogP contribution in [0.25, 0.3) is 0 Å². The van der Waals surface area contributed by atoms with E-state index < -0.39 is 41.2 Å². The molecule has 1 aliphatic carbocycles. The summed E-state index contributed by atoms with van der Waals surface area (Å²) in [6, 6.07) is 4.79. The van der Waals surface area contributed by atoms with Gasteiger partial charge in [-0.15, -0.1) is 19.8 Å². The lowest BCUT2D eigenvalue weighted by atomic mass is 9.78. The Morgan fingerprint density at radius 3 is 1.81 bits per heavy atom. The van der Waals surface area contributed by atoms with Gasteiger partial charge in [0, 0.05) is 11.8 Å². The zero-order chi connectivity index (χ0) is 26.8. The first kappa shape index (κ1) is 27.3. The molecule has 0 aromatic heterocycles. The second-order valence-corrected chi connectivity index (χ2v) is 9.14. The standard InChI is InChI=1S/C26H25F7O4/c1-2-15-13-34-24(35-14-15)17-5-3-16(4-6-17)18-11-21(27)23(22(28)12-18)25(29,30)36-19-7-9-20(10-8-19)37-26(31,32)33/h2,7-12,15-17,24H,1,3-6,13-14H2. The molecule has 2 aromatic rings. The molecular formula is C26H25F7O4. The van der Waals surface area contributed by atoms with Crippen molar-refractivity contribution in [2.45, 2.75) is 50.4 Å². The van der Waals surface area contributed by atoms with Gasteiger partial charge < -0.3 is 18.9 Å². The van der Waals surface area contributed by atoms with Gasteiger partial charge in [-0.2, -0.15) is 8.78 Å². The molecule has 0 spiro atoms. The monoisotopic (exact) mass is 534 g/mol. The predicted octanol–water partition coefficient (Wildman–Crippen LogP) is 7.44. The summed E-state index contributed by atoms with van der Waals surface area (Å²) in [6.45, 7) is 4.76. The highest BCUT2D eigenvalue weighted by atomic mass is 19.4. The van der Waals surface area contributed by atoms with Gasteiger partial charge in [-0.3, -0.25) is 0 Å². The fraction of sp³-hybridized carbons (Fsp3) is 0.462. The van der Waals surface area contributed by atoms with Crippen LogP contribution in [0.3, 0.4) is 0 Å². The third kappa shape index (κ3) is 6.75. The number of halogens is 7. The van der Waals surface area contributed by atoms with Crippen LogP contribution in [-0.2, 0) is 15.6 Å². The summed E-state index contributed by atoms with van der Waals surface area (Å²) in [4.78, 5) is 0. The van der Waals surface area contributed by atoms with Crippen LogP contribution in [0.2, 0.25) is 0 Å². The normalized spacial score (nSPS) is 24.9. The first-order valence-electron chi connectivity index (χ1n) is 11.7. The quantitative estimate of drug-likeness (QED) is 0.273. The molecule has 202 valence electrons. The molecule has 0 unspecified atom stereocenters. The summed E-state index contributed by atoms with van der Waals surface area (Å²) in [5.41, 5.74) is -1.32. The van der Waals surface area contributed by atoms with Crippen LogP contribution in [0, 0.1) is 23.5 Å². The molecule has 0 atom stereocenters. The molecule has 0 radical (unpaired) electrons. The number of hydrogen-bond acceptors (Lipinski definition) is 4. The zero-order valence-electron chi connectivity index (χ0n) is 19.6. The van der Waals surface area contributed by atoms with Gasteiger partial charge in [0.15, 0.2) is 6.29 Å². The van der Waals surface area contributed by atoms with Gasteiger partial charge in [0.05, 0.1) is 13.2 Å². The molecule has 1 heterocycles. The lowest BCUT2D eigenvalue weighted by Crippen LogP contribution is -2.37. The highest BCUT2D eigenvalue weighted by Gasteiger charge is 2.42. The summed E-state index contributed by atoms with van der Waals surface area (Å²) < 4.78 is 115. The van der Waals surface area contributed by atoms with Gasteiger partial charge in [-0.05, 0) is 73.6 Å². The van der Waals surface area contributed by atoms with E-state index >= 15 is 0 Å². The van der Waals surface area contributed by atoms with Gasteiger partial charge in [0.25, 0.3) is 0 Å². The third-order valence-electron chi connectivity index (χ3n) is 6.57. The molecule has 2 fully saturated rings. The molecule has 0 N–H and O–H groups in total. The van der Waals surface area contributed by atoms with E-state index in [9.17, 15) is 30.7 Å². The first-order valence-corrected chi connectivity index (χ1v) is 11.7. The highest BCUT2D eigenvalue weighted by molar-refractivity contribution is 5.34. The third-order valence-corrected chi connectivity index (χ3v) is 6.57. The zero-order valence-corrected chi connectivity index (χ0v) is 19.6. The van der Waals surface area contributed by atoms with E-state index in [0.717, 1.165) is 36.4 Å². The van der Waals surface area contributed by atoms with Gasteiger partial charge >= 0.3 is 12.5 Å². The minimum absolute atomic E-state index is 0.127. The van der Waals surface area contributed by atoms with E-state index in [-0.39, 0.29) is 29.6 Å². The van der Waals surface area contributed by atoms with Crippen molar-refractivity contribution in [3.8, 4) is 11.5 Å². The Balaban J connectivity index is 1.40. The molecule has 4 rings (SSSR count). The molecule has 11 heteroatoms. The molecule has 1 saturated heterocycles. The Bertz CT molecular complexity index is 1050.